The topological polar surface area (TPSA) is 90.0 Å². The minimum absolute atomic E-state index is 0.0625. The van der Waals surface area contributed by atoms with E-state index in [1.807, 2.05) is 12.1 Å². The maximum Gasteiger partial charge on any atom is 0.525 e. The Bertz CT molecular complexity index is 1400. The summed E-state index contributed by atoms with van der Waals surface area (Å²) in [5.74, 6) is -1.91. The van der Waals surface area contributed by atoms with Crippen molar-refractivity contribution in [1.29, 1.82) is 0 Å². The fourth-order valence-electron chi connectivity index (χ4n) is 3.49. The molecular weight excluding hydrogens is 475 g/mol. The van der Waals surface area contributed by atoms with Crippen LogP contribution in [0.3, 0.4) is 0 Å². The number of nitrogens with zero attached hydrogens (tertiary/aromatic N) is 1. The molecule has 178 valence electrons. The summed E-state index contributed by atoms with van der Waals surface area (Å²) in [6.07, 6.45) is 0. The number of hydrogen-bond acceptors (Lipinski definition) is 6. The molecule has 0 atom stereocenters. The van der Waals surface area contributed by atoms with Gasteiger partial charge in [-0.2, -0.15) is 21.6 Å². The van der Waals surface area contributed by atoms with Crippen molar-refractivity contribution in [2.75, 3.05) is 0 Å². The highest BCUT2D eigenvalue weighted by molar-refractivity contribution is 7.87. The third-order valence-corrected chi connectivity index (χ3v) is 6.15. The number of benzene rings is 3. The summed E-state index contributed by atoms with van der Waals surface area (Å²) in [7, 11) is -6.24. The molecule has 34 heavy (non-hydrogen) atoms. The van der Waals surface area contributed by atoms with Gasteiger partial charge in [-0.1, -0.05) is 45.0 Å². The highest BCUT2D eigenvalue weighted by atomic mass is 32.2. The number of amides is 2. The fourth-order valence-corrected chi connectivity index (χ4v) is 3.91. The molecule has 0 saturated heterocycles. The molecule has 3 aromatic carbocycles. The van der Waals surface area contributed by atoms with Gasteiger partial charge in [-0.3, -0.25) is 9.59 Å². The highest BCUT2D eigenvalue weighted by Crippen LogP contribution is 2.38. The summed E-state index contributed by atoms with van der Waals surface area (Å²) in [6.45, 7) is 6.20. The Kier molecular flexibility index (Phi) is 5.45. The molecule has 1 heterocycles. The van der Waals surface area contributed by atoms with E-state index in [-0.39, 0.29) is 21.9 Å². The molecule has 4 rings (SSSR count). The number of halogens is 3. The number of carbonyl (C=O) groups excluding carboxylic acids is 2. The van der Waals surface area contributed by atoms with Gasteiger partial charge in [-0.15, -0.1) is 9.35 Å². The number of hydroxylamine groups is 2. The molecule has 0 bridgehead atoms. The van der Waals surface area contributed by atoms with Crippen molar-refractivity contribution in [1.82, 2.24) is 5.06 Å². The standard InChI is InChI=1S/C23H18F3NO6S/c1-22(2,3)13-7-9-14(10-8-13)32-18-12-11-17-19-15(18)5-4-6-16(19)20(28)27(21(17)29)33-34(30,31)23(24,25)26/h4-12H,1-3H3. The number of alkyl halides is 3. The Morgan fingerprint density at radius 1 is 0.824 bits per heavy atom. The van der Waals surface area contributed by atoms with Crippen LogP contribution >= 0.6 is 0 Å². The summed E-state index contributed by atoms with van der Waals surface area (Å²) >= 11 is 0. The van der Waals surface area contributed by atoms with E-state index in [1.165, 1.54) is 24.3 Å². The van der Waals surface area contributed by atoms with Crippen molar-refractivity contribution in [3.8, 4) is 11.5 Å². The van der Waals surface area contributed by atoms with Gasteiger partial charge < -0.3 is 4.74 Å². The van der Waals surface area contributed by atoms with Crippen LogP contribution in [-0.2, 0) is 19.8 Å². The second-order valence-electron chi connectivity index (χ2n) is 8.59. The molecule has 0 unspecified atom stereocenters. The lowest BCUT2D eigenvalue weighted by molar-refractivity contribution is -0.0761. The van der Waals surface area contributed by atoms with E-state index in [1.54, 1.807) is 18.2 Å². The van der Waals surface area contributed by atoms with Crippen LogP contribution in [0.4, 0.5) is 13.2 Å². The quantitative estimate of drug-likeness (QED) is 0.362. The first kappa shape index (κ1) is 23.7. The largest absolute Gasteiger partial charge is 0.525 e. The van der Waals surface area contributed by atoms with Gasteiger partial charge in [0.2, 0.25) is 0 Å². The second kappa shape index (κ2) is 7.81. The zero-order valence-corrected chi connectivity index (χ0v) is 19.0. The molecule has 0 radical (unpaired) electrons. The van der Waals surface area contributed by atoms with Gasteiger partial charge >= 0.3 is 15.6 Å². The van der Waals surface area contributed by atoms with Crippen molar-refractivity contribution >= 4 is 32.7 Å². The summed E-state index contributed by atoms with van der Waals surface area (Å²) in [6, 6.07) is 14.2. The lowest BCUT2D eigenvalue weighted by Crippen LogP contribution is -2.44. The molecular formula is C23H18F3NO6S. The van der Waals surface area contributed by atoms with Gasteiger partial charge in [-0.05, 0) is 41.3 Å². The number of rotatable bonds is 4. The van der Waals surface area contributed by atoms with E-state index in [9.17, 15) is 31.2 Å². The first-order valence-corrected chi connectivity index (χ1v) is 11.4. The number of ether oxygens (including phenoxy) is 1. The fraction of sp³-hybridized carbons (Fsp3) is 0.217. The van der Waals surface area contributed by atoms with Crippen LogP contribution in [0.1, 0.15) is 47.1 Å². The van der Waals surface area contributed by atoms with Gasteiger partial charge in [0, 0.05) is 10.8 Å². The Hall–Kier alpha value is -3.44. The normalized spacial score (nSPS) is 14.6. The van der Waals surface area contributed by atoms with Crippen molar-refractivity contribution in [2.24, 2.45) is 0 Å². The van der Waals surface area contributed by atoms with Crippen LogP contribution in [0.25, 0.3) is 10.8 Å². The van der Waals surface area contributed by atoms with Crippen molar-refractivity contribution in [3.63, 3.8) is 0 Å². The van der Waals surface area contributed by atoms with Gasteiger partial charge in [-0.25, -0.2) is 0 Å². The monoisotopic (exact) mass is 493 g/mol. The molecule has 0 N–H and O–H groups in total. The first-order valence-electron chi connectivity index (χ1n) is 9.94. The van der Waals surface area contributed by atoms with Crippen molar-refractivity contribution in [3.05, 3.63) is 71.3 Å². The van der Waals surface area contributed by atoms with E-state index in [0.717, 1.165) is 5.56 Å². The molecule has 0 aromatic heterocycles. The molecule has 1 aliphatic heterocycles. The van der Waals surface area contributed by atoms with Gasteiger partial charge in [0.15, 0.2) is 0 Å². The molecule has 7 nitrogen and oxygen atoms in total. The predicted octanol–water partition coefficient (Wildman–Crippen LogP) is 5.31. The maximum absolute atomic E-state index is 12.7. The Labute approximate surface area is 192 Å². The van der Waals surface area contributed by atoms with E-state index < -0.39 is 32.5 Å². The molecule has 0 fully saturated rings. The smallest absolute Gasteiger partial charge is 0.457 e. The van der Waals surface area contributed by atoms with Gasteiger partial charge in [0.1, 0.15) is 11.5 Å². The summed E-state index contributed by atoms with van der Waals surface area (Å²) < 4.78 is 70.8. The number of hydrogen-bond donors (Lipinski definition) is 0. The molecule has 0 aliphatic carbocycles. The molecule has 11 heteroatoms. The second-order valence-corrected chi connectivity index (χ2v) is 10.1. The van der Waals surface area contributed by atoms with Crippen LogP contribution in [0, 0.1) is 0 Å². The molecule has 1 aliphatic rings. The van der Waals surface area contributed by atoms with E-state index >= 15 is 0 Å². The predicted molar refractivity (Wildman–Crippen MR) is 116 cm³/mol. The number of imide groups is 1. The molecule has 0 spiro atoms. The lowest BCUT2D eigenvalue weighted by atomic mass is 9.87. The van der Waals surface area contributed by atoms with Crippen LogP contribution < -0.4 is 4.74 Å². The van der Waals surface area contributed by atoms with Gasteiger partial charge in [0.05, 0.1) is 11.1 Å². The SMILES string of the molecule is CC(C)(C)c1ccc(Oc2ccc3c4c(cccc24)C(=O)N(OS(=O)(=O)C(F)(F)F)C3=O)cc1. The third kappa shape index (κ3) is 4.01. The van der Waals surface area contributed by atoms with E-state index in [4.69, 9.17) is 4.74 Å². The Morgan fingerprint density at radius 2 is 1.41 bits per heavy atom. The number of carbonyl (C=O) groups is 2. The average Bonchev–Trinajstić information content (AvgIpc) is 2.74. The minimum atomic E-state index is -6.24. The molecule has 2 amide bonds. The zero-order valence-electron chi connectivity index (χ0n) is 18.1. The van der Waals surface area contributed by atoms with Gasteiger partial charge in [0.25, 0.3) is 11.8 Å². The van der Waals surface area contributed by atoms with Crippen LogP contribution in [0.2, 0.25) is 0 Å². The Morgan fingerprint density at radius 3 is 1.97 bits per heavy atom. The lowest BCUT2D eigenvalue weighted by Gasteiger charge is -2.26. The summed E-state index contributed by atoms with van der Waals surface area (Å²) in [5.41, 5.74) is -5.22. The highest BCUT2D eigenvalue weighted by Gasteiger charge is 2.51. The summed E-state index contributed by atoms with van der Waals surface area (Å²) in [4.78, 5) is 25.5. The molecule has 0 saturated carbocycles. The minimum Gasteiger partial charge on any atom is -0.457 e. The van der Waals surface area contributed by atoms with E-state index in [0.29, 0.717) is 16.9 Å². The first-order chi connectivity index (χ1) is 15.7. The van der Waals surface area contributed by atoms with E-state index in [2.05, 4.69) is 25.1 Å². The third-order valence-electron chi connectivity index (χ3n) is 5.23. The zero-order chi connectivity index (χ0) is 25.1. The van der Waals surface area contributed by atoms with Crippen LogP contribution in [-0.4, -0.2) is 30.8 Å². The Balaban J connectivity index is 1.74. The molecule has 3 aromatic rings. The van der Waals surface area contributed by atoms with Crippen molar-refractivity contribution in [2.45, 2.75) is 31.7 Å². The van der Waals surface area contributed by atoms with Crippen LogP contribution in [0.15, 0.2) is 54.6 Å². The average molecular weight is 493 g/mol. The van der Waals surface area contributed by atoms with Crippen molar-refractivity contribution < 1.29 is 40.2 Å². The van der Waals surface area contributed by atoms with Crippen LogP contribution in [0.5, 0.6) is 11.5 Å². The maximum atomic E-state index is 12.7. The summed E-state index contributed by atoms with van der Waals surface area (Å²) in [5, 5.41) is 0.0617.